The molecule has 0 fully saturated rings. The van der Waals surface area contributed by atoms with Gasteiger partial charge in [0.05, 0.1) is 22.7 Å². The maximum atomic E-state index is 11.9. The summed E-state index contributed by atoms with van der Waals surface area (Å²) in [5.74, 6) is -0.115. The fourth-order valence-corrected chi connectivity index (χ4v) is 2.62. The molecular weight excluding hydrogens is 282 g/mol. The number of nitrogen functional groups attached to an aromatic ring is 1. The zero-order valence-corrected chi connectivity index (χ0v) is 11.7. The third-order valence-corrected chi connectivity index (χ3v) is 3.80. The number of amides is 1. The van der Waals surface area contributed by atoms with Crippen molar-refractivity contribution in [2.75, 3.05) is 18.1 Å². The summed E-state index contributed by atoms with van der Waals surface area (Å²) in [4.78, 5) is 27.6. The highest BCUT2D eigenvalue weighted by Gasteiger charge is 2.23. The number of aromatic nitrogens is 2. The van der Waals surface area contributed by atoms with Gasteiger partial charge in [-0.1, -0.05) is 5.16 Å². The van der Waals surface area contributed by atoms with E-state index in [1.165, 1.54) is 20.4 Å². The Bertz CT molecular complexity index is 635. The molecule has 0 spiro atoms. The van der Waals surface area contributed by atoms with Crippen LogP contribution in [0.3, 0.4) is 0 Å². The Labute approximate surface area is 118 Å². The lowest BCUT2D eigenvalue weighted by Crippen LogP contribution is -2.20. The van der Waals surface area contributed by atoms with Gasteiger partial charge in [0.25, 0.3) is 5.91 Å². The van der Waals surface area contributed by atoms with E-state index in [4.69, 9.17) is 5.73 Å². The van der Waals surface area contributed by atoms with Crippen molar-refractivity contribution in [1.82, 2.24) is 15.5 Å². The lowest BCUT2D eigenvalue weighted by atomic mass is 10.2. The molecule has 0 saturated heterocycles. The van der Waals surface area contributed by atoms with Gasteiger partial charge >= 0.3 is 0 Å². The van der Waals surface area contributed by atoms with E-state index in [1.807, 2.05) is 0 Å². The molecule has 0 aromatic carbocycles. The SMILES string of the molecule is CNC(=O)c1c(NCc2ncon2)sc(C(C)=O)c1N. The summed E-state index contributed by atoms with van der Waals surface area (Å²) in [7, 11) is 1.50. The van der Waals surface area contributed by atoms with E-state index in [0.29, 0.717) is 15.7 Å². The standard InChI is InChI=1S/C11H13N5O3S/c1-5(17)9-8(12)7(10(18)13-2)11(20-9)14-3-6-15-4-19-16-6/h4,14H,3,12H2,1-2H3,(H,13,18). The Morgan fingerprint density at radius 1 is 1.50 bits per heavy atom. The highest BCUT2D eigenvalue weighted by molar-refractivity contribution is 7.19. The van der Waals surface area contributed by atoms with E-state index in [-0.39, 0.29) is 29.5 Å². The molecule has 2 aromatic rings. The topological polar surface area (TPSA) is 123 Å². The Kier molecular flexibility index (Phi) is 3.99. The first-order valence-corrected chi connectivity index (χ1v) is 6.50. The average Bonchev–Trinajstić information content (AvgIpc) is 3.03. The van der Waals surface area contributed by atoms with Gasteiger partial charge < -0.3 is 20.9 Å². The number of thiophene rings is 1. The quantitative estimate of drug-likeness (QED) is 0.700. The van der Waals surface area contributed by atoms with Crippen molar-refractivity contribution in [2.24, 2.45) is 0 Å². The number of hydrogen-bond donors (Lipinski definition) is 3. The van der Waals surface area contributed by atoms with E-state index in [1.54, 1.807) is 0 Å². The van der Waals surface area contributed by atoms with Crippen LogP contribution in [0.4, 0.5) is 10.7 Å². The smallest absolute Gasteiger partial charge is 0.256 e. The molecule has 106 valence electrons. The van der Waals surface area contributed by atoms with Crippen LogP contribution >= 0.6 is 11.3 Å². The van der Waals surface area contributed by atoms with E-state index in [0.717, 1.165) is 11.3 Å². The van der Waals surface area contributed by atoms with Crippen LogP contribution in [-0.2, 0) is 6.54 Å². The maximum absolute atomic E-state index is 11.9. The molecule has 2 rings (SSSR count). The van der Waals surface area contributed by atoms with Crippen LogP contribution in [0.5, 0.6) is 0 Å². The van der Waals surface area contributed by atoms with Crippen molar-refractivity contribution in [3.8, 4) is 0 Å². The number of hydrogen-bond acceptors (Lipinski definition) is 8. The minimum absolute atomic E-state index is 0.178. The van der Waals surface area contributed by atoms with Crippen LogP contribution in [0.2, 0.25) is 0 Å². The lowest BCUT2D eigenvalue weighted by Gasteiger charge is -2.05. The van der Waals surface area contributed by atoms with Crippen LogP contribution in [-0.4, -0.2) is 28.9 Å². The van der Waals surface area contributed by atoms with E-state index in [2.05, 4.69) is 25.3 Å². The molecule has 0 bridgehead atoms. The Balaban J connectivity index is 2.32. The second kappa shape index (κ2) is 5.70. The first-order valence-electron chi connectivity index (χ1n) is 5.69. The van der Waals surface area contributed by atoms with Crippen LogP contribution in [0.15, 0.2) is 10.9 Å². The predicted octanol–water partition coefficient (Wildman–Crippen LogP) is 0.888. The fraction of sp³-hybridized carbons (Fsp3) is 0.273. The lowest BCUT2D eigenvalue weighted by molar-refractivity contribution is 0.0965. The van der Waals surface area contributed by atoms with E-state index < -0.39 is 0 Å². The molecule has 0 unspecified atom stereocenters. The van der Waals surface area contributed by atoms with Crippen molar-refractivity contribution < 1.29 is 14.1 Å². The van der Waals surface area contributed by atoms with Crippen LogP contribution in [0.1, 0.15) is 32.8 Å². The number of carbonyl (C=O) groups is 2. The van der Waals surface area contributed by atoms with Crippen LogP contribution < -0.4 is 16.4 Å². The summed E-state index contributed by atoms with van der Waals surface area (Å²) in [5, 5.41) is 9.63. The van der Waals surface area contributed by atoms with Crippen molar-refractivity contribution in [3.63, 3.8) is 0 Å². The average molecular weight is 295 g/mol. The van der Waals surface area contributed by atoms with Gasteiger partial charge in [-0.15, -0.1) is 11.3 Å². The number of nitrogens with two attached hydrogens (primary N) is 1. The van der Waals surface area contributed by atoms with Gasteiger partial charge in [0.2, 0.25) is 6.39 Å². The molecule has 0 radical (unpaired) electrons. The van der Waals surface area contributed by atoms with E-state index >= 15 is 0 Å². The highest BCUT2D eigenvalue weighted by Crippen LogP contribution is 2.36. The number of ketones is 1. The molecule has 0 saturated carbocycles. The first kappa shape index (κ1) is 14.0. The molecule has 0 aliphatic carbocycles. The van der Waals surface area contributed by atoms with Crippen molar-refractivity contribution in [1.29, 1.82) is 0 Å². The third kappa shape index (κ3) is 2.62. The summed E-state index contributed by atoms with van der Waals surface area (Å²) in [6, 6.07) is 0. The molecular formula is C11H13N5O3S. The van der Waals surface area contributed by atoms with Gasteiger partial charge in [-0.05, 0) is 0 Å². The normalized spacial score (nSPS) is 10.3. The van der Waals surface area contributed by atoms with Crippen molar-refractivity contribution in [2.45, 2.75) is 13.5 Å². The predicted molar refractivity (Wildman–Crippen MR) is 73.8 cm³/mol. The number of carbonyl (C=O) groups excluding carboxylic acids is 2. The number of nitrogens with zero attached hydrogens (tertiary/aromatic N) is 2. The Morgan fingerprint density at radius 2 is 2.25 bits per heavy atom. The zero-order chi connectivity index (χ0) is 14.7. The molecule has 0 aliphatic heterocycles. The second-order valence-electron chi connectivity index (χ2n) is 3.89. The molecule has 2 heterocycles. The molecule has 2 aromatic heterocycles. The summed E-state index contributed by atoms with van der Waals surface area (Å²) < 4.78 is 4.61. The zero-order valence-electron chi connectivity index (χ0n) is 10.9. The Morgan fingerprint density at radius 3 is 2.80 bits per heavy atom. The van der Waals surface area contributed by atoms with Gasteiger partial charge in [0.15, 0.2) is 11.6 Å². The first-order chi connectivity index (χ1) is 9.54. The third-order valence-electron chi connectivity index (χ3n) is 2.53. The summed E-state index contributed by atoms with van der Waals surface area (Å²) in [6.07, 6.45) is 1.21. The number of rotatable bonds is 5. The maximum Gasteiger partial charge on any atom is 0.256 e. The van der Waals surface area contributed by atoms with Gasteiger partial charge in [-0.2, -0.15) is 4.98 Å². The molecule has 8 nitrogen and oxygen atoms in total. The molecule has 4 N–H and O–H groups in total. The summed E-state index contributed by atoms with van der Waals surface area (Å²) in [6.45, 7) is 1.66. The minimum Gasteiger partial charge on any atom is -0.397 e. The van der Waals surface area contributed by atoms with Crippen LogP contribution in [0, 0.1) is 0 Å². The fourth-order valence-electron chi connectivity index (χ4n) is 1.61. The monoisotopic (exact) mass is 295 g/mol. The second-order valence-corrected chi connectivity index (χ2v) is 4.91. The van der Waals surface area contributed by atoms with Gasteiger partial charge in [0.1, 0.15) is 5.00 Å². The van der Waals surface area contributed by atoms with Crippen molar-refractivity contribution >= 4 is 33.7 Å². The molecule has 0 aliphatic rings. The van der Waals surface area contributed by atoms with Crippen LogP contribution in [0.25, 0.3) is 0 Å². The van der Waals surface area contributed by atoms with Gasteiger partial charge in [-0.3, -0.25) is 9.59 Å². The van der Waals surface area contributed by atoms with Crippen molar-refractivity contribution in [3.05, 3.63) is 22.7 Å². The molecule has 0 atom stereocenters. The van der Waals surface area contributed by atoms with E-state index in [9.17, 15) is 9.59 Å². The van der Waals surface area contributed by atoms with Gasteiger partial charge in [0, 0.05) is 14.0 Å². The number of nitrogens with one attached hydrogen (secondary N) is 2. The Hall–Kier alpha value is -2.42. The van der Waals surface area contributed by atoms with Gasteiger partial charge in [-0.25, -0.2) is 0 Å². The summed E-state index contributed by atoms with van der Waals surface area (Å²) >= 11 is 1.13. The minimum atomic E-state index is -0.359. The largest absolute Gasteiger partial charge is 0.397 e. The number of Topliss-reactive ketones (excluding diaryl/α,β-unsaturated/α-hetero) is 1. The molecule has 9 heteroatoms. The highest BCUT2D eigenvalue weighted by atomic mass is 32.1. The molecule has 1 amide bonds. The molecule has 20 heavy (non-hydrogen) atoms. The number of anilines is 2. The summed E-state index contributed by atoms with van der Waals surface area (Å²) in [5.41, 5.74) is 6.30.